The van der Waals surface area contributed by atoms with E-state index in [1.807, 2.05) is 24.3 Å². The van der Waals surface area contributed by atoms with Crippen LogP contribution in [0.2, 0.25) is 0 Å². The van der Waals surface area contributed by atoms with Gasteiger partial charge in [0.25, 0.3) is 5.91 Å². The third-order valence-corrected chi connectivity index (χ3v) is 4.96. The van der Waals surface area contributed by atoms with Crippen LogP contribution in [0.4, 0.5) is 5.69 Å². The minimum Gasteiger partial charge on any atom is -0.497 e. The van der Waals surface area contributed by atoms with Gasteiger partial charge in [0, 0.05) is 22.6 Å². The molecule has 1 aromatic heterocycles. The fourth-order valence-corrected chi connectivity index (χ4v) is 3.49. The van der Waals surface area contributed by atoms with Crippen LogP contribution in [0.15, 0.2) is 18.2 Å². The van der Waals surface area contributed by atoms with Gasteiger partial charge in [-0.15, -0.1) is 0 Å². The third-order valence-electron chi connectivity index (χ3n) is 4.96. The van der Waals surface area contributed by atoms with Crippen molar-refractivity contribution in [2.24, 2.45) is 0 Å². The summed E-state index contributed by atoms with van der Waals surface area (Å²) in [7, 11) is 5.82. The summed E-state index contributed by atoms with van der Waals surface area (Å²) in [6.45, 7) is 5.29. The number of hydrogen-bond donors (Lipinski definition) is 2. The zero-order valence-electron chi connectivity index (χ0n) is 16.2. The number of methoxy groups -OCH3 is 1. The second-order valence-corrected chi connectivity index (χ2v) is 7.10. The number of rotatable bonds is 6. The first-order valence-electron chi connectivity index (χ1n) is 8.95. The van der Waals surface area contributed by atoms with Gasteiger partial charge >= 0.3 is 0 Å². The van der Waals surface area contributed by atoms with Gasteiger partial charge < -0.3 is 19.9 Å². The first-order chi connectivity index (χ1) is 12.4. The molecule has 138 valence electrons. The molecule has 0 unspecified atom stereocenters. The topological polar surface area (TPSA) is 57.4 Å². The van der Waals surface area contributed by atoms with E-state index in [4.69, 9.17) is 4.74 Å². The van der Waals surface area contributed by atoms with Crippen molar-refractivity contribution in [3.8, 4) is 5.75 Å². The zero-order chi connectivity index (χ0) is 18.8. The highest BCUT2D eigenvalue weighted by Crippen LogP contribution is 2.36. The van der Waals surface area contributed by atoms with Crippen molar-refractivity contribution in [2.45, 2.75) is 26.7 Å². The Kier molecular flexibility index (Phi) is 5.18. The molecule has 1 aliphatic rings. The molecule has 0 bridgehead atoms. The fraction of sp³-hybridized carbons (Fsp3) is 0.381. The summed E-state index contributed by atoms with van der Waals surface area (Å²) >= 11 is 0. The molecule has 3 rings (SSSR count). The number of carbonyl (C=O) groups excluding carboxylic acids is 1. The van der Waals surface area contributed by atoms with Gasteiger partial charge in [0.1, 0.15) is 5.75 Å². The fourth-order valence-electron chi connectivity index (χ4n) is 3.49. The number of anilines is 1. The number of amides is 1. The van der Waals surface area contributed by atoms with Crippen molar-refractivity contribution in [1.82, 2.24) is 9.88 Å². The van der Waals surface area contributed by atoms with E-state index in [-0.39, 0.29) is 5.91 Å². The summed E-state index contributed by atoms with van der Waals surface area (Å²) in [6.07, 6.45) is 4.10. The van der Waals surface area contributed by atoms with E-state index in [1.165, 1.54) is 16.8 Å². The molecule has 0 saturated carbocycles. The molecule has 1 aliphatic heterocycles. The predicted octanol–water partition coefficient (Wildman–Crippen LogP) is 3.63. The smallest absolute Gasteiger partial charge is 0.256 e. The van der Waals surface area contributed by atoms with Gasteiger partial charge in [-0.1, -0.05) is 0 Å². The van der Waals surface area contributed by atoms with Crippen LogP contribution in [-0.2, 0) is 11.2 Å². The van der Waals surface area contributed by atoms with Gasteiger partial charge in [0.15, 0.2) is 0 Å². The minimum absolute atomic E-state index is 0.0749. The number of H-pyrrole nitrogens is 1. The van der Waals surface area contributed by atoms with Crippen molar-refractivity contribution in [2.75, 3.05) is 33.1 Å². The number of ether oxygens (including phenoxy) is 1. The van der Waals surface area contributed by atoms with E-state index < -0.39 is 0 Å². The van der Waals surface area contributed by atoms with Crippen LogP contribution in [0, 0.1) is 13.8 Å². The van der Waals surface area contributed by atoms with Crippen molar-refractivity contribution in [3.63, 3.8) is 0 Å². The van der Waals surface area contributed by atoms with Gasteiger partial charge in [0.05, 0.1) is 12.7 Å². The SMILES string of the molecule is COc1ccc2c(c1)/C(=C/c1[nH]c(C)c(CCCN(C)C)c1C)C(=O)N2. The Morgan fingerprint density at radius 1 is 1.23 bits per heavy atom. The van der Waals surface area contributed by atoms with E-state index in [9.17, 15) is 4.79 Å². The summed E-state index contributed by atoms with van der Waals surface area (Å²) < 4.78 is 5.31. The molecule has 5 nitrogen and oxygen atoms in total. The maximum atomic E-state index is 12.4. The number of aromatic nitrogens is 1. The number of benzene rings is 1. The van der Waals surface area contributed by atoms with Crippen LogP contribution in [0.3, 0.4) is 0 Å². The molecule has 0 saturated heterocycles. The largest absolute Gasteiger partial charge is 0.497 e. The number of nitrogens with zero attached hydrogens (tertiary/aromatic N) is 1. The van der Waals surface area contributed by atoms with Crippen molar-refractivity contribution in [3.05, 3.63) is 46.3 Å². The number of aromatic amines is 1. The average molecular weight is 353 g/mol. The summed E-state index contributed by atoms with van der Waals surface area (Å²) in [5.41, 5.74) is 7.13. The molecule has 1 aromatic carbocycles. The van der Waals surface area contributed by atoms with Gasteiger partial charge in [-0.25, -0.2) is 0 Å². The first kappa shape index (κ1) is 18.3. The van der Waals surface area contributed by atoms with E-state index in [0.29, 0.717) is 5.57 Å². The van der Waals surface area contributed by atoms with Crippen LogP contribution in [-0.4, -0.2) is 43.5 Å². The van der Waals surface area contributed by atoms with E-state index in [1.54, 1.807) is 7.11 Å². The molecule has 0 spiro atoms. The number of aryl methyl sites for hydroxylation is 1. The van der Waals surface area contributed by atoms with Crippen LogP contribution in [0.1, 0.15) is 34.5 Å². The summed E-state index contributed by atoms with van der Waals surface area (Å²) in [5.74, 6) is 0.670. The molecule has 2 N–H and O–H groups in total. The summed E-state index contributed by atoms with van der Waals surface area (Å²) in [6, 6.07) is 5.64. The predicted molar refractivity (Wildman–Crippen MR) is 107 cm³/mol. The number of hydrogen-bond acceptors (Lipinski definition) is 3. The van der Waals surface area contributed by atoms with Crippen LogP contribution in [0.5, 0.6) is 5.75 Å². The highest BCUT2D eigenvalue weighted by molar-refractivity contribution is 6.35. The lowest BCUT2D eigenvalue weighted by atomic mass is 10.0. The average Bonchev–Trinajstić information content (AvgIpc) is 3.05. The van der Waals surface area contributed by atoms with Crippen LogP contribution in [0.25, 0.3) is 11.6 Å². The Balaban J connectivity index is 1.93. The van der Waals surface area contributed by atoms with Crippen LogP contribution < -0.4 is 10.1 Å². The highest BCUT2D eigenvalue weighted by atomic mass is 16.5. The normalized spacial score (nSPS) is 14.8. The molecular weight excluding hydrogens is 326 g/mol. The molecule has 26 heavy (non-hydrogen) atoms. The minimum atomic E-state index is -0.0749. The monoisotopic (exact) mass is 353 g/mol. The Hall–Kier alpha value is -2.53. The van der Waals surface area contributed by atoms with E-state index in [0.717, 1.165) is 42.1 Å². The van der Waals surface area contributed by atoms with Crippen molar-refractivity contribution in [1.29, 1.82) is 0 Å². The Labute approximate surface area is 155 Å². The van der Waals surface area contributed by atoms with Gasteiger partial charge in [-0.2, -0.15) is 0 Å². The summed E-state index contributed by atoms with van der Waals surface area (Å²) in [4.78, 5) is 18.1. The van der Waals surface area contributed by atoms with Gasteiger partial charge in [-0.05, 0) is 82.7 Å². The van der Waals surface area contributed by atoms with Crippen LogP contribution >= 0.6 is 0 Å². The lowest BCUT2D eigenvalue weighted by molar-refractivity contribution is -0.110. The maximum absolute atomic E-state index is 12.4. The van der Waals surface area contributed by atoms with Crippen molar-refractivity contribution < 1.29 is 9.53 Å². The molecule has 2 heterocycles. The molecule has 5 heteroatoms. The molecular formula is C21H27N3O2. The van der Waals surface area contributed by atoms with E-state index >= 15 is 0 Å². The second-order valence-electron chi connectivity index (χ2n) is 7.10. The second kappa shape index (κ2) is 7.38. The molecule has 0 fully saturated rings. The standard InChI is InChI=1S/C21H27N3O2/c1-13-16(7-6-10-24(3)4)14(2)22-20(13)12-18-17-11-15(26-5)8-9-19(17)23-21(18)25/h8-9,11-12,22H,6-7,10H2,1-5H3,(H,23,25)/b18-12-. The van der Waals surface area contributed by atoms with E-state index in [2.05, 4.69) is 43.1 Å². The molecule has 2 aromatic rings. The van der Waals surface area contributed by atoms with Crippen molar-refractivity contribution >= 4 is 23.2 Å². The highest BCUT2D eigenvalue weighted by Gasteiger charge is 2.25. The quantitative estimate of drug-likeness (QED) is 0.780. The molecule has 0 atom stereocenters. The molecule has 0 aliphatic carbocycles. The Morgan fingerprint density at radius 3 is 2.69 bits per heavy atom. The number of nitrogens with one attached hydrogen (secondary N) is 2. The summed E-state index contributed by atoms with van der Waals surface area (Å²) in [5, 5.41) is 2.92. The third kappa shape index (κ3) is 3.53. The number of fused-ring (bicyclic) bond motifs is 1. The zero-order valence-corrected chi connectivity index (χ0v) is 16.2. The lowest BCUT2D eigenvalue weighted by Crippen LogP contribution is -2.13. The van der Waals surface area contributed by atoms with Gasteiger partial charge in [0.2, 0.25) is 0 Å². The lowest BCUT2D eigenvalue weighted by Gasteiger charge is -2.09. The van der Waals surface area contributed by atoms with Gasteiger partial charge in [-0.3, -0.25) is 4.79 Å². The number of carbonyl (C=O) groups is 1. The first-order valence-corrected chi connectivity index (χ1v) is 8.95. The molecule has 1 amide bonds. The Morgan fingerprint density at radius 2 is 2.00 bits per heavy atom. The maximum Gasteiger partial charge on any atom is 0.256 e. The molecule has 0 radical (unpaired) electrons. The Bertz CT molecular complexity index is 862.